The zero-order chi connectivity index (χ0) is 15.6. The molecule has 110 valence electrons. The summed E-state index contributed by atoms with van der Waals surface area (Å²) in [6.45, 7) is 1.94. The molecule has 0 amide bonds. The fourth-order valence-corrected chi connectivity index (χ4v) is 2.91. The maximum absolute atomic E-state index is 14.3. The lowest BCUT2D eigenvalue weighted by Crippen LogP contribution is -2.13. The predicted molar refractivity (Wildman–Crippen MR) is 93.5 cm³/mol. The Morgan fingerprint density at radius 1 is 1.29 bits per heavy atom. The third-order valence-electron chi connectivity index (χ3n) is 3.09. The van der Waals surface area contributed by atoms with Gasteiger partial charge in [-0.25, -0.2) is 4.39 Å². The molecule has 0 radical (unpaired) electrons. The number of halogens is 3. The minimum Gasteiger partial charge on any atom is -0.389 e. The van der Waals surface area contributed by atoms with Crippen LogP contribution in [0.5, 0.6) is 0 Å². The summed E-state index contributed by atoms with van der Waals surface area (Å²) in [5.74, 6) is -0.416. The molecule has 2 rings (SSSR count). The molecule has 2 aromatic carbocycles. The van der Waals surface area contributed by atoms with Crippen LogP contribution in [0.3, 0.4) is 0 Å². The van der Waals surface area contributed by atoms with Gasteiger partial charge in [-0.1, -0.05) is 36.0 Å². The van der Waals surface area contributed by atoms with Crippen LogP contribution in [-0.4, -0.2) is 4.99 Å². The largest absolute Gasteiger partial charge is 0.389 e. The first kappa shape index (κ1) is 16.2. The quantitative estimate of drug-likeness (QED) is 0.721. The van der Waals surface area contributed by atoms with Crippen molar-refractivity contribution in [1.82, 2.24) is 0 Å². The first-order chi connectivity index (χ1) is 9.90. The Morgan fingerprint density at radius 3 is 2.48 bits per heavy atom. The van der Waals surface area contributed by atoms with E-state index in [2.05, 4.69) is 21.2 Å². The number of nitrogens with one attached hydrogen (secondary N) is 1. The number of thiocarbonyl (C=S) groups is 1. The van der Waals surface area contributed by atoms with Crippen molar-refractivity contribution in [2.24, 2.45) is 5.73 Å². The van der Waals surface area contributed by atoms with E-state index in [4.69, 9.17) is 29.6 Å². The monoisotopic (exact) mass is 386 g/mol. The van der Waals surface area contributed by atoms with E-state index in [1.165, 1.54) is 0 Å². The summed E-state index contributed by atoms with van der Waals surface area (Å²) in [4.78, 5) is 0.151. The van der Waals surface area contributed by atoms with Crippen molar-refractivity contribution in [1.29, 1.82) is 0 Å². The van der Waals surface area contributed by atoms with Crippen LogP contribution < -0.4 is 11.1 Å². The fraction of sp³-hybridized carbons (Fsp3) is 0.133. The third kappa shape index (κ3) is 3.73. The number of hydrogen-bond acceptors (Lipinski definition) is 2. The van der Waals surface area contributed by atoms with Crippen LogP contribution in [0.15, 0.2) is 40.9 Å². The minimum atomic E-state index is -0.416. The number of anilines is 1. The van der Waals surface area contributed by atoms with Crippen molar-refractivity contribution < 1.29 is 4.39 Å². The molecule has 0 heterocycles. The molecular weight excluding hydrogens is 375 g/mol. The second-order valence-electron chi connectivity index (χ2n) is 4.57. The predicted octanol–water partition coefficient (Wildman–Crippen LogP) is 5.05. The van der Waals surface area contributed by atoms with Crippen molar-refractivity contribution in [3.63, 3.8) is 0 Å². The first-order valence-corrected chi connectivity index (χ1v) is 7.78. The Bertz CT molecular complexity index is 676. The summed E-state index contributed by atoms with van der Waals surface area (Å²) in [5, 5.41) is 3.79. The highest BCUT2D eigenvalue weighted by Gasteiger charge is 2.15. The molecule has 0 aliphatic carbocycles. The first-order valence-electron chi connectivity index (χ1n) is 6.20. The topological polar surface area (TPSA) is 38.0 Å². The zero-order valence-electron chi connectivity index (χ0n) is 11.2. The van der Waals surface area contributed by atoms with E-state index in [-0.39, 0.29) is 15.5 Å². The van der Waals surface area contributed by atoms with E-state index in [0.29, 0.717) is 16.3 Å². The van der Waals surface area contributed by atoms with E-state index in [0.717, 1.165) is 5.56 Å². The van der Waals surface area contributed by atoms with Gasteiger partial charge in [0.25, 0.3) is 0 Å². The van der Waals surface area contributed by atoms with Crippen LogP contribution in [0.25, 0.3) is 0 Å². The molecule has 1 atom stereocenters. The summed E-state index contributed by atoms with van der Waals surface area (Å²) in [6.07, 6.45) is 0. The van der Waals surface area contributed by atoms with Crippen molar-refractivity contribution in [2.75, 3.05) is 5.32 Å². The van der Waals surface area contributed by atoms with Crippen LogP contribution in [-0.2, 0) is 0 Å². The second-order valence-corrected chi connectivity index (χ2v) is 6.24. The number of nitrogens with two attached hydrogens (primary N) is 1. The van der Waals surface area contributed by atoms with Gasteiger partial charge in [0, 0.05) is 16.6 Å². The molecule has 0 aliphatic heterocycles. The van der Waals surface area contributed by atoms with E-state index < -0.39 is 5.82 Å². The molecule has 6 heteroatoms. The minimum absolute atomic E-state index is 0.0701. The lowest BCUT2D eigenvalue weighted by atomic mass is 10.1. The maximum Gasteiger partial charge on any atom is 0.161 e. The molecule has 0 aliphatic rings. The maximum atomic E-state index is 14.3. The van der Waals surface area contributed by atoms with Gasteiger partial charge in [0.05, 0.1) is 10.2 Å². The fourth-order valence-electron chi connectivity index (χ4n) is 1.92. The van der Waals surface area contributed by atoms with Gasteiger partial charge in [-0.15, -0.1) is 0 Å². The van der Waals surface area contributed by atoms with E-state index in [1.807, 2.05) is 19.1 Å². The third-order valence-corrected chi connectivity index (χ3v) is 4.34. The summed E-state index contributed by atoms with van der Waals surface area (Å²) in [6, 6.07) is 10.6. The molecule has 1 unspecified atom stereocenters. The Morgan fingerprint density at radius 2 is 1.90 bits per heavy atom. The normalized spacial score (nSPS) is 12.0. The highest BCUT2D eigenvalue weighted by Crippen LogP contribution is 2.29. The van der Waals surface area contributed by atoms with Crippen LogP contribution in [0.2, 0.25) is 5.02 Å². The molecule has 0 saturated carbocycles. The van der Waals surface area contributed by atoms with Crippen LogP contribution in [0.1, 0.15) is 24.1 Å². The van der Waals surface area contributed by atoms with Gasteiger partial charge in [0.2, 0.25) is 0 Å². The van der Waals surface area contributed by atoms with Crippen molar-refractivity contribution in [2.45, 2.75) is 13.0 Å². The number of rotatable bonds is 4. The van der Waals surface area contributed by atoms with Crippen molar-refractivity contribution in [3.05, 3.63) is 62.8 Å². The van der Waals surface area contributed by atoms with E-state index >= 15 is 0 Å². The molecule has 3 N–H and O–H groups in total. The molecule has 0 fully saturated rings. The average Bonchev–Trinajstić information content (AvgIpc) is 2.44. The molecule has 2 aromatic rings. The number of hydrogen-bond donors (Lipinski definition) is 2. The van der Waals surface area contributed by atoms with Crippen LogP contribution in [0, 0.1) is 5.82 Å². The molecule has 0 aromatic heterocycles. The molecule has 0 saturated heterocycles. The molecule has 2 nitrogen and oxygen atoms in total. The lowest BCUT2D eigenvalue weighted by Gasteiger charge is -2.17. The van der Waals surface area contributed by atoms with Gasteiger partial charge in [-0.2, -0.15) is 0 Å². The highest BCUT2D eigenvalue weighted by molar-refractivity contribution is 9.10. The standard InChI is InChI=1S/C15H13BrClFN2S/c1-8(9-2-4-10(17)5-3-9)20-12-7-6-11(15(19)21)13(16)14(12)18/h2-8,20H,1H3,(H2,19,21). The van der Waals surface area contributed by atoms with Gasteiger partial charge < -0.3 is 11.1 Å². The summed E-state index contributed by atoms with van der Waals surface area (Å²) < 4.78 is 14.6. The van der Waals surface area contributed by atoms with Crippen molar-refractivity contribution in [3.8, 4) is 0 Å². The Balaban J connectivity index is 2.25. The van der Waals surface area contributed by atoms with Crippen molar-refractivity contribution >= 4 is 50.4 Å². The van der Waals surface area contributed by atoms with Gasteiger partial charge >= 0.3 is 0 Å². The van der Waals surface area contributed by atoms with Crippen LogP contribution >= 0.6 is 39.7 Å². The molecule has 0 bridgehead atoms. The highest BCUT2D eigenvalue weighted by atomic mass is 79.9. The average molecular weight is 388 g/mol. The van der Waals surface area contributed by atoms with Gasteiger partial charge in [-0.05, 0) is 52.7 Å². The Labute approximate surface area is 141 Å². The number of benzene rings is 2. The smallest absolute Gasteiger partial charge is 0.161 e. The Hall–Kier alpha value is -1.17. The lowest BCUT2D eigenvalue weighted by molar-refractivity contribution is 0.620. The van der Waals surface area contributed by atoms with E-state index in [1.54, 1.807) is 24.3 Å². The summed E-state index contributed by atoms with van der Waals surface area (Å²) >= 11 is 13.9. The van der Waals surface area contributed by atoms with Gasteiger partial charge in [0.1, 0.15) is 4.99 Å². The summed E-state index contributed by atoms with van der Waals surface area (Å²) in [7, 11) is 0. The molecule has 0 spiro atoms. The zero-order valence-corrected chi connectivity index (χ0v) is 14.3. The van der Waals surface area contributed by atoms with Gasteiger partial charge in [-0.3, -0.25) is 0 Å². The summed E-state index contributed by atoms with van der Waals surface area (Å²) in [5.41, 5.74) is 7.41. The SMILES string of the molecule is CC(Nc1ccc(C(N)=S)c(Br)c1F)c1ccc(Cl)cc1. The Kier molecular flexibility index (Phi) is 5.19. The molecular formula is C15H13BrClFN2S. The van der Waals surface area contributed by atoms with Crippen LogP contribution in [0.4, 0.5) is 10.1 Å². The van der Waals surface area contributed by atoms with Gasteiger partial charge in [0.15, 0.2) is 5.82 Å². The molecule has 21 heavy (non-hydrogen) atoms. The van der Waals surface area contributed by atoms with E-state index in [9.17, 15) is 4.39 Å². The second kappa shape index (κ2) is 6.73.